The Labute approximate surface area is 187 Å². The van der Waals surface area contributed by atoms with Gasteiger partial charge in [-0.2, -0.15) is 5.10 Å². The Balaban J connectivity index is 1.61. The fourth-order valence-electron chi connectivity index (χ4n) is 3.73. The van der Waals surface area contributed by atoms with Gasteiger partial charge in [0.05, 0.1) is 23.2 Å². The van der Waals surface area contributed by atoms with E-state index < -0.39 is 0 Å². The van der Waals surface area contributed by atoms with Crippen molar-refractivity contribution in [3.63, 3.8) is 0 Å². The number of benzene rings is 2. The number of nitrogens with zero attached hydrogens (tertiary/aromatic N) is 4. The van der Waals surface area contributed by atoms with Gasteiger partial charge >= 0.3 is 0 Å². The predicted octanol–water partition coefficient (Wildman–Crippen LogP) is 5.51. The lowest BCUT2D eigenvalue weighted by Gasteiger charge is -2.20. The van der Waals surface area contributed by atoms with Crippen molar-refractivity contribution in [3.05, 3.63) is 77.1 Å². The van der Waals surface area contributed by atoms with Gasteiger partial charge in [0.15, 0.2) is 5.13 Å². The number of carbonyl (C=O) groups is 1. The molecule has 160 valence electrons. The van der Waals surface area contributed by atoms with E-state index in [9.17, 15) is 4.79 Å². The molecular weight excluding hydrogens is 404 g/mol. The second-order valence-corrected chi connectivity index (χ2v) is 9.32. The maximum atomic E-state index is 13.4. The molecule has 4 aromatic rings. The van der Waals surface area contributed by atoms with Gasteiger partial charge in [-0.15, -0.1) is 0 Å². The molecule has 5 nitrogen and oxygen atoms in total. The van der Waals surface area contributed by atoms with E-state index in [0.717, 1.165) is 26.5 Å². The van der Waals surface area contributed by atoms with Crippen molar-refractivity contribution in [2.45, 2.75) is 46.6 Å². The number of rotatable bonds is 7. The number of hydrogen-bond acceptors (Lipinski definition) is 4. The van der Waals surface area contributed by atoms with Crippen molar-refractivity contribution >= 4 is 32.6 Å². The van der Waals surface area contributed by atoms with Gasteiger partial charge in [0.2, 0.25) is 5.91 Å². The van der Waals surface area contributed by atoms with Crippen LogP contribution < -0.4 is 4.90 Å². The molecule has 0 aliphatic rings. The topological polar surface area (TPSA) is 51.0 Å². The van der Waals surface area contributed by atoms with E-state index in [1.165, 1.54) is 11.1 Å². The first-order valence-corrected chi connectivity index (χ1v) is 11.5. The maximum absolute atomic E-state index is 13.4. The van der Waals surface area contributed by atoms with Crippen LogP contribution in [0.1, 0.15) is 42.0 Å². The lowest BCUT2D eigenvalue weighted by Crippen LogP contribution is -2.35. The average Bonchev–Trinajstić information content (AvgIpc) is 3.38. The molecule has 0 radical (unpaired) electrons. The van der Waals surface area contributed by atoms with Gasteiger partial charge in [-0.05, 0) is 54.2 Å². The summed E-state index contributed by atoms with van der Waals surface area (Å²) in [5.74, 6) is 0.530. The molecule has 0 N–H and O–H groups in total. The van der Waals surface area contributed by atoms with E-state index in [-0.39, 0.29) is 5.91 Å². The summed E-state index contributed by atoms with van der Waals surface area (Å²) >= 11 is 1.58. The largest absolute Gasteiger partial charge is 0.286 e. The van der Waals surface area contributed by atoms with E-state index in [1.54, 1.807) is 17.5 Å². The molecule has 4 rings (SSSR count). The molecule has 2 heterocycles. The number of aryl methyl sites for hydroxylation is 2. The van der Waals surface area contributed by atoms with E-state index in [4.69, 9.17) is 4.98 Å². The molecule has 6 heteroatoms. The lowest BCUT2D eigenvalue weighted by atomic mass is 10.0. The summed E-state index contributed by atoms with van der Waals surface area (Å²) < 4.78 is 2.96. The predicted molar refractivity (Wildman–Crippen MR) is 128 cm³/mol. The zero-order valence-electron chi connectivity index (χ0n) is 18.5. The quantitative estimate of drug-likeness (QED) is 0.387. The van der Waals surface area contributed by atoms with Crippen molar-refractivity contribution in [1.82, 2.24) is 14.8 Å². The van der Waals surface area contributed by atoms with Crippen LogP contribution in [0.5, 0.6) is 0 Å². The maximum Gasteiger partial charge on any atom is 0.233 e. The third kappa shape index (κ3) is 4.85. The summed E-state index contributed by atoms with van der Waals surface area (Å²) in [4.78, 5) is 20.0. The Morgan fingerprint density at radius 2 is 1.94 bits per heavy atom. The highest BCUT2D eigenvalue weighted by Gasteiger charge is 2.21. The number of amides is 1. The molecule has 0 bridgehead atoms. The Morgan fingerprint density at radius 3 is 2.61 bits per heavy atom. The molecule has 0 aliphatic heterocycles. The highest BCUT2D eigenvalue weighted by Crippen LogP contribution is 2.32. The van der Waals surface area contributed by atoms with Crippen molar-refractivity contribution in [2.75, 3.05) is 11.4 Å². The summed E-state index contributed by atoms with van der Waals surface area (Å²) in [5, 5.41) is 5.03. The molecule has 0 aliphatic carbocycles. The van der Waals surface area contributed by atoms with Crippen LogP contribution in [0.15, 0.2) is 54.9 Å². The number of hydrogen-bond donors (Lipinski definition) is 0. The number of anilines is 1. The molecule has 2 aromatic carbocycles. The van der Waals surface area contributed by atoms with E-state index >= 15 is 0 Å². The Hall–Kier alpha value is -2.99. The third-order valence-electron chi connectivity index (χ3n) is 5.46. The highest BCUT2D eigenvalue weighted by molar-refractivity contribution is 7.22. The summed E-state index contributed by atoms with van der Waals surface area (Å²) in [6.07, 6.45) is 4.02. The molecule has 0 unspecified atom stereocenters. The van der Waals surface area contributed by atoms with Crippen LogP contribution in [-0.2, 0) is 17.8 Å². The molecule has 0 atom stereocenters. The second-order valence-electron chi connectivity index (χ2n) is 8.31. The number of thiazole rings is 1. The minimum absolute atomic E-state index is 0.0536. The molecule has 31 heavy (non-hydrogen) atoms. The van der Waals surface area contributed by atoms with Crippen LogP contribution in [0.2, 0.25) is 0 Å². The van der Waals surface area contributed by atoms with E-state index in [2.05, 4.69) is 69.2 Å². The van der Waals surface area contributed by atoms with Gasteiger partial charge in [-0.25, -0.2) is 4.98 Å². The average molecular weight is 433 g/mol. The smallest absolute Gasteiger partial charge is 0.233 e. The Morgan fingerprint density at radius 1 is 1.16 bits per heavy atom. The summed E-state index contributed by atoms with van der Waals surface area (Å²) in [7, 11) is 0. The van der Waals surface area contributed by atoms with Crippen LogP contribution >= 0.6 is 11.3 Å². The van der Waals surface area contributed by atoms with Crippen LogP contribution in [0.4, 0.5) is 5.13 Å². The second kappa shape index (κ2) is 9.02. The van der Waals surface area contributed by atoms with Crippen molar-refractivity contribution in [2.24, 2.45) is 0 Å². The standard InChI is InChI=1S/C25H28N4OS/c1-17(2)21-8-6-20(7-9-21)16-23(30)29(13-12-28-11-5-10-26-28)25-27-24-19(4)14-18(3)15-22(24)31-25/h5-11,14-15,17H,12-13,16H2,1-4H3. The summed E-state index contributed by atoms with van der Waals surface area (Å²) in [6.45, 7) is 9.67. The number of aromatic nitrogens is 3. The Kier molecular flexibility index (Phi) is 6.18. The minimum atomic E-state index is 0.0536. The van der Waals surface area contributed by atoms with E-state index in [0.29, 0.717) is 25.4 Å². The molecule has 0 spiro atoms. The molecule has 2 aromatic heterocycles. The summed E-state index contributed by atoms with van der Waals surface area (Å²) in [6, 6.07) is 14.5. The van der Waals surface area contributed by atoms with Gasteiger partial charge in [0.1, 0.15) is 0 Å². The SMILES string of the molecule is Cc1cc(C)c2nc(N(CCn3cccn3)C(=O)Cc3ccc(C(C)C)cc3)sc2c1. The fourth-order valence-corrected chi connectivity index (χ4v) is 4.91. The minimum Gasteiger partial charge on any atom is -0.286 e. The highest BCUT2D eigenvalue weighted by atomic mass is 32.1. The lowest BCUT2D eigenvalue weighted by molar-refractivity contribution is -0.118. The van der Waals surface area contributed by atoms with Crippen LogP contribution in [0.3, 0.4) is 0 Å². The first kappa shape index (κ1) is 21.2. The molecular formula is C25H28N4OS. The monoisotopic (exact) mass is 432 g/mol. The van der Waals surface area contributed by atoms with Gasteiger partial charge < -0.3 is 0 Å². The first-order chi connectivity index (χ1) is 14.9. The summed E-state index contributed by atoms with van der Waals surface area (Å²) in [5.41, 5.74) is 5.63. The zero-order chi connectivity index (χ0) is 22.0. The molecule has 0 saturated heterocycles. The van der Waals surface area contributed by atoms with Crippen molar-refractivity contribution in [3.8, 4) is 0 Å². The van der Waals surface area contributed by atoms with Crippen LogP contribution in [0, 0.1) is 13.8 Å². The Bertz CT molecular complexity index is 1180. The van der Waals surface area contributed by atoms with Crippen molar-refractivity contribution < 1.29 is 4.79 Å². The van der Waals surface area contributed by atoms with Crippen LogP contribution in [0.25, 0.3) is 10.2 Å². The van der Waals surface area contributed by atoms with E-state index in [1.807, 2.05) is 21.8 Å². The van der Waals surface area contributed by atoms with Gasteiger partial charge in [0.25, 0.3) is 0 Å². The third-order valence-corrected chi connectivity index (χ3v) is 6.49. The zero-order valence-corrected chi connectivity index (χ0v) is 19.3. The van der Waals surface area contributed by atoms with Gasteiger partial charge in [-0.1, -0.05) is 55.5 Å². The molecule has 0 saturated carbocycles. The number of fused-ring (bicyclic) bond motifs is 1. The normalized spacial score (nSPS) is 11.4. The molecule has 0 fully saturated rings. The van der Waals surface area contributed by atoms with Gasteiger partial charge in [-0.3, -0.25) is 14.4 Å². The first-order valence-electron chi connectivity index (χ1n) is 10.6. The fraction of sp³-hybridized carbons (Fsp3) is 0.320. The number of carbonyl (C=O) groups excluding carboxylic acids is 1. The van der Waals surface area contributed by atoms with Crippen molar-refractivity contribution in [1.29, 1.82) is 0 Å². The van der Waals surface area contributed by atoms with Crippen LogP contribution in [-0.4, -0.2) is 27.2 Å². The van der Waals surface area contributed by atoms with Gasteiger partial charge in [0, 0.05) is 18.9 Å². The molecule has 1 amide bonds.